The van der Waals surface area contributed by atoms with Crippen LogP contribution >= 0.6 is 0 Å². The Hall–Kier alpha value is 0.337. The van der Waals surface area contributed by atoms with Crippen molar-refractivity contribution in [2.24, 2.45) is 0 Å². The molecule has 2 atom stereocenters. The SMILES string of the molecule is Cc1cc(C)c([AsH2])c(C)c1[AsH2]. The normalized spacial score (nSPS) is 10.3. The van der Waals surface area contributed by atoms with Crippen LogP contribution in [0.4, 0.5) is 0 Å². The van der Waals surface area contributed by atoms with Crippen molar-refractivity contribution in [2.75, 3.05) is 0 Å². The van der Waals surface area contributed by atoms with Gasteiger partial charge in [-0.05, 0) is 0 Å². The van der Waals surface area contributed by atoms with Crippen LogP contribution in [0.2, 0.25) is 0 Å². The molecular formula is C9H14As2. The van der Waals surface area contributed by atoms with E-state index in [-0.39, 0.29) is 0 Å². The molecule has 2 unspecified atom stereocenters. The fourth-order valence-corrected chi connectivity index (χ4v) is 2.95. The molecule has 0 N–H and O–H groups in total. The standard InChI is InChI=1S/C9H14As2/c1-5-4-6(2)9(11)7(3)8(5)10/h4H,10-11H2,1-3H3. The van der Waals surface area contributed by atoms with E-state index in [1.807, 2.05) is 0 Å². The monoisotopic (exact) mass is 272 g/mol. The first kappa shape index (κ1) is 9.43. The van der Waals surface area contributed by atoms with Crippen LogP contribution in [0.5, 0.6) is 0 Å². The van der Waals surface area contributed by atoms with Crippen LogP contribution in [0.25, 0.3) is 0 Å². The van der Waals surface area contributed by atoms with E-state index in [4.69, 9.17) is 0 Å². The number of hydrogen-bond donors (Lipinski definition) is 0. The van der Waals surface area contributed by atoms with E-state index in [9.17, 15) is 0 Å². The molecule has 0 aliphatic rings. The molecule has 1 aromatic rings. The summed E-state index contributed by atoms with van der Waals surface area (Å²) in [5.41, 5.74) is 4.39. The third-order valence-electron chi connectivity index (χ3n) is 2.09. The molecule has 0 saturated heterocycles. The van der Waals surface area contributed by atoms with E-state index in [0.717, 1.165) is 0 Å². The number of rotatable bonds is 0. The van der Waals surface area contributed by atoms with E-state index in [1.165, 1.54) is 25.4 Å². The van der Waals surface area contributed by atoms with Gasteiger partial charge in [0.25, 0.3) is 0 Å². The second-order valence-electron chi connectivity index (χ2n) is 2.96. The number of benzene rings is 1. The van der Waals surface area contributed by atoms with Crippen LogP contribution in [0.3, 0.4) is 0 Å². The maximum atomic E-state index is 2.29. The quantitative estimate of drug-likeness (QED) is 0.539. The fraction of sp³-hybridized carbons (Fsp3) is 0.333. The van der Waals surface area contributed by atoms with Crippen molar-refractivity contribution in [2.45, 2.75) is 20.8 Å². The third-order valence-corrected chi connectivity index (χ3v) is 5.82. The predicted molar refractivity (Wildman–Crippen MR) is 57.0 cm³/mol. The molecule has 2 heteroatoms. The van der Waals surface area contributed by atoms with Gasteiger partial charge < -0.3 is 0 Å². The molecule has 0 nitrogen and oxygen atoms in total. The molecule has 0 amide bonds. The van der Waals surface area contributed by atoms with Gasteiger partial charge in [0.1, 0.15) is 0 Å². The minimum atomic E-state index is 1.45. The Bertz CT molecular complexity index is 264. The molecule has 0 spiro atoms. The van der Waals surface area contributed by atoms with Crippen molar-refractivity contribution in [1.82, 2.24) is 0 Å². The van der Waals surface area contributed by atoms with Crippen molar-refractivity contribution in [3.8, 4) is 0 Å². The van der Waals surface area contributed by atoms with E-state index in [2.05, 4.69) is 26.8 Å². The molecule has 0 fully saturated rings. The molecule has 0 radical (unpaired) electrons. The minimum absolute atomic E-state index is 1.45. The maximum absolute atomic E-state index is 2.29. The van der Waals surface area contributed by atoms with Crippen LogP contribution < -0.4 is 8.70 Å². The molecule has 0 aliphatic heterocycles. The second kappa shape index (κ2) is 3.38. The van der Waals surface area contributed by atoms with Gasteiger partial charge in [0.2, 0.25) is 0 Å². The Morgan fingerprint density at radius 1 is 0.909 bits per heavy atom. The summed E-state index contributed by atoms with van der Waals surface area (Å²) in [6, 6.07) is 2.29. The molecule has 1 aromatic carbocycles. The molecule has 0 heterocycles. The summed E-state index contributed by atoms with van der Waals surface area (Å²) < 4.78 is 3.03. The van der Waals surface area contributed by atoms with Gasteiger partial charge in [0.05, 0.1) is 0 Å². The molecule has 0 bridgehead atoms. The summed E-state index contributed by atoms with van der Waals surface area (Å²) in [6.07, 6.45) is 0. The summed E-state index contributed by atoms with van der Waals surface area (Å²) >= 11 is 3.49. The first-order chi connectivity index (χ1) is 5.04. The Labute approximate surface area is 85.8 Å². The zero-order chi connectivity index (χ0) is 8.59. The topological polar surface area (TPSA) is 0 Å². The first-order valence-electron chi connectivity index (χ1n) is 3.65. The van der Waals surface area contributed by atoms with Crippen molar-refractivity contribution in [3.63, 3.8) is 0 Å². The van der Waals surface area contributed by atoms with Gasteiger partial charge >= 0.3 is 85.9 Å². The second-order valence-corrected chi connectivity index (χ2v) is 5.39. The van der Waals surface area contributed by atoms with E-state index in [0.29, 0.717) is 0 Å². The summed E-state index contributed by atoms with van der Waals surface area (Å²) in [4.78, 5) is 0. The average Bonchev–Trinajstić information content (AvgIpc) is 1.97. The van der Waals surface area contributed by atoms with Crippen LogP contribution in [-0.2, 0) is 0 Å². The first-order valence-corrected chi connectivity index (χ1v) is 6.08. The molecule has 60 valence electrons. The zero-order valence-electron chi connectivity index (χ0n) is 7.23. The van der Waals surface area contributed by atoms with Gasteiger partial charge in [-0.15, -0.1) is 0 Å². The molecule has 0 aromatic heterocycles. The van der Waals surface area contributed by atoms with Crippen molar-refractivity contribution < 1.29 is 0 Å². The van der Waals surface area contributed by atoms with E-state index >= 15 is 0 Å². The Balaban J connectivity index is 3.46. The summed E-state index contributed by atoms with van der Waals surface area (Å²) in [5.74, 6) is 0. The molecule has 0 saturated carbocycles. The summed E-state index contributed by atoms with van der Waals surface area (Å²) in [5, 5.41) is 0. The number of aryl methyl sites for hydroxylation is 2. The van der Waals surface area contributed by atoms with E-state index in [1.54, 1.807) is 33.7 Å². The van der Waals surface area contributed by atoms with Gasteiger partial charge in [0.15, 0.2) is 0 Å². The summed E-state index contributed by atoms with van der Waals surface area (Å²) in [7, 11) is 0. The zero-order valence-corrected chi connectivity index (χ0v) is 12.1. The van der Waals surface area contributed by atoms with Crippen LogP contribution in [0.15, 0.2) is 6.07 Å². The van der Waals surface area contributed by atoms with Crippen molar-refractivity contribution >= 4 is 42.4 Å². The van der Waals surface area contributed by atoms with Gasteiger partial charge in [-0.3, -0.25) is 0 Å². The van der Waals surface area contributed by atoms with Crippen molar-refractivity contribution in [3.05, 3.63) is 22.8 Å². The van der Waals surface area contributed by atoms with Gasteiger partial charge in [-0.2, -0.15) is 0 Å². The fourth-order valence-electron chi connectivity index (χ4n) is 1.22. The molecule has 1 rings (SSSR count). The molecule has 11 heavy (non-hydrogen) atoms. The Morgan fingerprint density at radius 2 is 1.27 bits per heavy atom. The average molecular weight is 272 g/mol. The van der Waals surface area contributed by atoms with Gasteiger partial charge in [0, 0.05) is 0 Å². The van der Waals surface area contributed by atoms with Crippen LogP contribution in [0.1, 0.15) is 16.7 Å². The predicted octanol–water partition coefficient (Wildman–Crippen LogP) is -0.871. The summed E-state index contributed by atoms with van der Waals surface area (Å²) in [6.45, 7) is 6.63. The molecular weight excluding hydrogens is 258 g/mol. The van der Waals surface area contributed by atoms with E-state index < -0.39 is 0 Å². The van der Waals surface area contributed by atoms with Crippen LogP contribution in [0, 0.1) is 20.8 Å². The Morgan fingerprint density at radius 3 is 1.64 bits per heavy atom. The van der Waals surface area contributed by atoms with Gasteiger partial charge in [-0.1, -0.05) is 0 Å². The van der Waals surface area contributed by atoms with Gasteiger partial charge in [-0.25, -0.2) is 0 Å². The Kier molecular flexibility index (Phi) is 2.89. The van der Waals surface area contributed by atoms with Crippen molar-refractivity contribution in [1.29, 1.82) is 0 Å². The third kappa shape index (κ3) is 1.74. The molecule has 0 aliphatic carbocycles. The number of hydrogen-bond acceptors (Lipinski definition) is 0. The van der Waals surface area contributed by atoms with Crippen LogP contribution in [-0.4, -0.2) is 33.7 Å².